The number of nitrogens with zero attached hydrogens (tertiary/aromatic N) is 1. The van der Waals surface area contributed by atoms with Crippen molar-refractivity contribution in [2.45, 2.75) is 26.7 Å². The van der Waals surface area contributed by atoms with Crippen LogP contribution in [-0.4, -0.2) is 11.5 Å². The molecule has 3 nitrogen and oxygen atoms in total. The molecule has 90 valence electrons. The van der Waals surface area contributed by atoms with Crippen molar-refractivity contribution >= 4 is 22.3 Å². The minimum atomic E-state index is 0.781. The van der Waals surface area contributed by atoms with E-state index in [9.17, 15) is 0 Å². The van der Waals surface area contributed by atoms with Gasteiger partial charge >= 0.3 is 0 Å². The van der Waals surface area contributed by atoms with Gasteiger partial charge in [-0.25, -0.2) is 0 Å². The molecule has 2 rings (SSSR count). The number of aromatic nitrogens is 1. The fourth-order valence-corrected chi connectivity index (χ4v) is 1.89. The zero-order chi connectivity index (χ0) is 12.3. The molecular weight excluding hydrogens is 210 g/mol. The highest BCUT2D eigenvalue weighted by atomic mass is 14.9. The van der Waals surface area contributed by atoms with E-state index in [0.717, 1.165) is 47.4 Å². The maximum absolute atomic E-state index is 5.84. The standard InChI is InChI=1S/C14H19N3/c1-3-7-16-14-9-11(4-2)17-13-6-5-10(15)8-12(13)14/h5-6,8-9H,3-4,7,15H2,1-2H3,(H,16,17). The summed E-state index contributed by atoms with van der Waals surface area (Å²) in [6.07, 6.45) is 2.05. The lowest BCUT2D eigenvalue weighted by Gasteiger charge is -2.11. The Morgan fingerprint density at radius 1 is 1.24 bits per heavy atom. The van der Waals surface area contributed by atoms with Gasteiger partial charge in [-0.3, -0.25) is 4.98 Å². The highest BCUT2D eigenvalue weighted by molar-refractivity contribution is 5.93. The van der Waals surface area contributed by atoms with Crippen LogP contribution >= 0.6 is 0 Å². The Bertz CT molecular complexity index is 520. The Morgan fingerprint density at radius 2 is 2.06 bits per heavy atom. The second-order valence-electron chi connectivity index (χ2n) is 4.22. The first-order chi connectivity index (χ1) is 8.24. The van der Waals surface area contributed by atoms with Gasteiger partial charge in [0.05, 0.1) is 5.52 Å². The molecule has 0 amide bonds. The van der Waals surface area contributed by atoms with Gasteiger partial charge < -0.3 is 11.1 Å². The van der Waals surface area contributed by atoms with E-state index in [1.807, 2.05) is 18.2 Å². The van der Waals surface area contributed by atoms with Crippen LogP contribution in [0.1, 0.15) is 26.0 Å². The van der Waals surface area contributed by atoms with Crippen molar-refractivity contribution in [3.8, 4) is 0 Å². The van der Waals surface area contributed by atoms with Crippen molar-refractivity contribution < 1.29 is 0 Å². The second-order valence-corrected chi connectivity index (χ2v) is 4.22. The van der Waals surface area contributed by atoms with Gasteiger partial charge in [-0.15, -0.1) is 0 Å². The Morgan fingerprint density at radius 3 is 2.76 bits per heavy atom. The normalized spacial score (nSPS) is 10.7. The Kier molecular flexibility index (Phi) is 3.47. The van der Waals surface area contributed by atoms with Crippen LogP contribution in [0, 0.1) is 0 Å². The van der Waals surface area contributed by atoms with Crippen molar-refractivity contribution in [3.05, 3.63) is 30.0 Å². The number of nitrogens with two attached hydrogens (primary N) is 1. The minimum absolute atomic E-state index is 0.781. The lowest BCUT2D eigenvalue weighted by Crippen LogP contribution is -2.02. The molecule has 0 aliphatic heterocycles. The predicted molar refractivity (Wildman–Crippen MR) is 74.3 cm³/mol. The number of benzene rings is 1. The van der Waals surface area contributed by atoms with Crippen LogP contribution in [0.25, 0.3) is 10.9 Å². The molecule has 0 spiro atoms. The van der Waals surface area contributed by atoms with E-state index >= 15 is 0 Å². The molecule has 0 unspecified atom stereocenters. The van der Waals surface area contributed by atoms with Crippen LogP contribution in [0.15, 0.2) is 24.3 Å². The number of anilines is 2. The average molecular weight is 229 g/mol. The summed E-state index contributed by atoms with van der Waals surface area (Å²) < 4.78 is 0. The first-order valence-corrected chi connectivity index (χ1v) is 6.17. The van der Waals surface area contributed by atoms with Crippen LogP contribution < -0.4 is 11.1 Å². The topological polar surface area (TPSA) is 50.9 Å². The number of pyridine rings is 1. The number of aryl methyl sites for hydroxylation is 1. The molecule has 0 aliphatic rings. The molecule has 1 heterocycles. The summed E-state index contributed by atoms with van der Waals surface area (Å²) in [7, 11) is 0. The molecule has 3 N–H and O–H groups in total. The average Bonchev–Trinajstić information content (AvgIpc) is 2.35. The van der Waals surface area contributed by atoms with Gasteiger partial charge in [0.25, 0.3) is 0 Å². The molecule has 2 aromatic rings. The fraction of sp³-hybridized carbons (Fsp3) is 0.357. The van der Waals surface area contributed by atoms with Crippen molar-refractivity contribution in [2.24, 2.45) is 0 Å². The molecule has 0 saturated heterocycles. The van der Waals surface area contributed by atoms with E-state index in [-0.39, 0.29) is 0 Å². The molecule has 0 atom stereocenters. The summed E-state index contributed by atoms with van der Waals surface area (Å²) in [6.45, 7) is 5.25. The van der Waals surface area contributed by atoms with Gasteiger partial charge in [0, 0.05) is 29.0 Å². The summed E-state index contributed by atoms with van der Waals surface area (Å²) in [4.78, 5) is 4.61. The summed E-state index contributed by atoms with van der Waals surface area (Å²) in [5.74, 6) is 0. The van der Waals surface area contributed by atoms with Gasteiger partial charge in [0.15, 0.2) is 0 Å². The monoisotopic (exact) mass is 229 g/mol. The third-order valence-electron chi connectivity index (χ3n) is 2.81. The van der Waals surface area contributed by atoms with Gasteiger partial charge in [-0.1, -0.05) is 13.8 Å². The molecule has 0 fully saturated rings. The molecule has 1 aromatic heterocycles. The second kappa shape index (κ2) is 5.04. The molecule has 0 bridgehead atoms. The summed E-state index contributed by atoms with van der Waals surface area (Å²) in [6, 6.07) is 8.00. The van der Waals surface area contributed by atoms with Gasteiger partial charge in [-0.05, 0) is 37.1 Å². The van der Waals surface area contributed by atoms with Gasteiger partial charge in [0.1, 0.15) is 0 Å². The summed E-state index contributed by atoms with van der Waals surface area (Å²) >= 11 is 0. The lowest BCUT2D eigenvalue weighted by atomic mass is 10.1. The Balaban J connectivity index is 2.55. The minimum Gasteiger partial charge on any atom is -0.399 e. The number of nitrogens with one attached hydrogen (secondary N) is 1. The summed E-state index contributed by atoms with van der Waals surface area (Å²) in [5, 5.41) is 4.55. The molecular formula is C14H19N3. The van der Waals surface area contributed by atoms with Crippen LogP contribution in [0.2, 0.25) is 0 Å². The zero-order valence-corrected chi connectivity index (χ0v) is 10.5. The van der Waals surface area contributed by atoms with Gasteiger partial charge in [-0.2, -0.15) is 0 Å². The molecule has 0 radical (unpaired) electrons. The van der Waals surface area contributed by atoms with Crippen LogP contribution in [0.5, 0.6) is 0 Å². The zero-order valence-electron chi connectivity index (χ0n) is 10.5. The van der Waals surface area contributed by atoms with Crippen molar-refractivity contribution in [1.29, 1.82) is 0 Å². The molecule has 1 aromatic carbocycles. The highest BCUT2D eigenvalue weighted by Crippen LogP contribution is 2.25. The molecule has 17 heavy (non-hydrogen) atoms. The van der Waals surface area contributed by atoms with Crippen molar-refractivity contribution in [2.75, 3.05) is 17.6 Å². The number of hydrogen-bond acceptors (Lipinski definition) is 3. The quantitative estimate of drug-likeness (QED) is 0.791. The number of nitrogen functional groups attached to an aromatic ring is 1. The molecule has 0 saturated carbocycles. The first kappa shape index (κ1) is 11.7. The lowest BCUT2D eigenvalue weighted by molar-refractivity contribution is 0.977. The maximum Gasteiger partial charge on any atom is 0.0727 e. The third kappa shape index (κ3) is 2.49. The van der Waals surface area contributed by atoms with Crippen molar-refractivity contribution in [3.63, 3.8) is 0 Å². The van der Waals surface area contributed by atoms with E-state index in [1.165, 1.54) is 0 Å². The molecule has 0 aliphatic carbocycles. The van der Waals surface area contributed by atoms with E-state index in [4.69, 9.17) is 5.73 Å². The summed E-state index contributed by atoms with van der Waals surface area (Å²) in [5.41, 5.74) is 9.88. The Hall–Kier alpha value is -1.77. The number of hydrogen-bond donors (Lipinski definition) is 2. The largest absolute Gasteiger partial charge is 0.399 e. The van der Waals surface area contributed by atoms with E-state index in [1.54, 1.807) is 0 Å². The van der Waals surface area contributed by atoms with E-state index < -0.39 is 0 Å². The van der Waals surface area contributed by atoms with E-state index in [2.05, 4.69) is 30.2 Å². The smallest absolute Gasteiger partial charge is 0.0727 e. The fourth-order valence-electron chi connectivity index (χ4n) is 1.89. The van der Waals surface area contributed by atoms with E-state index in [0.29, 0.717) is 0 Å². The van der Waals surface area contributed by atoms with Crippen LogP contribution in [-0.2, 0) is 6.42 Å². The van der Waals surface area contributed by atoms with Gasteiger partial charge in [0.2, 0.25) is 0 Å². The third-order valence-corrected chi connectivity index (χ3v) is 2.81. The van der Waals surface area contributed by atoms with Crippen molar-refractivity contribution in [1.82, 2.24) is 4.98 Å². The Labute approximate surface area is 102 Å². The van der Waals surface area contributed by atoms with Crippen LogP contribution in [0.3, 0.4) is 0 Å². The molecule has 3 heteroatoms. The number of fused-ring (bicyclic) bond motifs is 1. The number of rotatable bonds is 4. The SMILES string of the molecule is CCCNc1cc(CC)nc2ccc(N)cc12. The first-order valence-electron chi connectivity index (χ1n) is 6.17. The maximum atomic E-state index is 5.84. The van der Waals surface area contributed by atoms with Crippen LogP contribution in [0.4, 0.5) is 11.4 Å². The highest BCUT2D eigenvalue weighted by Gasteiger charge is 2.05. The predicted octanol–water partition coefficient (Wildman–Crippen LogP) is 3.20.